The van der Waals surface area contributed by atoms with Crippen molar-refractivity contribution in [2.45, 2.75) is 64.5 Å². The third-order valence-corrected chi connectivity index (χ3v) is 3.46. The molecule has 0 spiro atoms. The van der Waals surface area contributed by atoms with E-state index in [4.69, 9.17) is 5.73 Å². The summed E-state index contributed by atoms with van der Waals surface area (Å²) in [7, 11) is 0. The molecule has 0 unspecified atom stereocenters. The van der Waals surface area contributed by atoms with E-state index in [2.05, 4.69) is 12.2 Å². The van der Waals surface area contributed by atoms with E-state index in [9.17, 15) is 4.79 Å². The Morgan fingerprint density at radius 3 is 2.47 bits per heavy atom. The van der Waals surface area contributed by atoms with Crippen LogP contribution >= 0.6 is 0 Å². The molecule has 1 aliphatic rings. The van der Waals surface area contributed by atoms with Gasteiger partial charge in [0.2, 0.25) is 5.91 Å². The van der Waals surface area contributed by atoms with E-state index in [-0.39, 0.29) is 11.9 Å². The van der Waals surface area contributed by atoms with Crippen LogP contribution in [0.25, 0.3) is 0 Å². The topological polar surface area (TPSA) is 55.1 Å². The van der Waals surface area contributed by atoms with Crippen molar-refractivity contribution < 1.29 is 4.79 Å². The third kappa shape index (κ3) is 4.20. The minimum atomic E-state index is -0.245. The van der Waals surface area contributed by atoms with Crippen LogP contribution in [0, 0.1) is 5.92 Å². The summed E-state index contributed by atoms with van der Waals surface area (Å²) in [6, 6.07) is 0.318. The van der Waals surface area contributed by atoms with Gasteiger partial charge in [-0.15, -0.1) is 0 Å². The van der Waals surface area contributed by atoms with Crippen molar-refractivity contribution in [1.29, 1.82) is 0 Å². The van der Waals surface area contributed by atoms with Crippen LogP contribution in [0.5, 0.6) is 0 Å². The molecule has 88 valence electrons. The number of carbonyl (C=O) groups excluding carboxylic acids is 1. The van der Waals surface area contributed by atoms with Gasteiger partial charge in [-0.1, -0.05) is 19.8 Å². The van der Waals surface area contributed by atoms with Gasteiger partial charge in [0.15, 0.2) is 0 Å². The fourth-order valence-corrected chi connectivity index (χ4v) is 2.46. The molecule has 0 aliphatic heterocycles. The predicted octanol–water partition coefficient (Wildman–Crippen LogP) is 1.81. The van der Waals surface area contributed by atoms with Crippen molar-refractivity contribution in [3.05, 3.63) is 0 Å². The molecule has 0 radical (unpaired) electrons. The summed E-state index contributed by atoms with van der Waals surface area (Å²) >= 11 is 0. The lowest BCUT2D eigenvalue weighted by Gasteiger charge is -2.30. The Kier molecular flexibility index (Phi) is 5.09. The number of primary amides is 1. The van der Waals surface area contributed by atoms with Crippen LogP contribution in [-0.4, -0.2) is 18.0 Å². The molecule has 1 amide bonds. The molecule has 0 aromatic rings. The van der Waals surface area contributed by atoms with E-state index in [0.29, 0.717) is 6.04 Å². The van der Waals surface area contributed by atoms with E-state index >= 15 is 0 Å². The minimum absolute atomic E-state index is 0.183. The lowest BCUT2D eigenvalue weighted by molar-refractivity contribution is -0.119. The lowest BCUT2D eigenvalue weighted by atomic mass is 9.83. The molecular formula is C12H24N2O. The second-order valence-electron chi connectivity index (χ2n) is 4.80. The molecule has 0 heterocycles. The molecule has 15 heavy (non-hydrogen) atoms. The zero-order valence-corrected chi connectivity index (χ0v) is 9.96. The highest BCUT2D eigenvalue weighted by Crippen LogP contribution is 2.27. The minimum Gasteiger partial charge on any atom is -0.368 e. The first-order valence-corrected chi connectivity index (χ1v) is 6.18. The van der Waals surface area contributed by atoms with Crippen molar-refractivity contribution >= 4 is 5.91 Å². The van der Waals surface area contributed by atoms with Gasteiger partial charge >= 0.3 is 0 Å². The maximum Gasteiger partial charge on any atom is 0.234 e. The van der Waals surface area contributed by atoms with Gasteiger partial charge in [-0.05, 0) is 38.5 Å². The number of rotatable bonds is 5. The SMILES string of the molecule is CCCC1CCC(N[C@@H](C)C(N)=O)CC1. The van der Waals surface area contributed by atoms with E-state index in [0.717, 1.165) is 5.92 Å². The number of nitrogens with two attached hydrogens (primary N) is 1. The van der Waals surface area contributed by atoms with Gasteiger partial charge in [0.05, 0.1) is 6.04 Å². The van der Waals surface area contributed by atoms with Gasteiger partial charge in [-0.3, -0.25) is 4.79 Å². The quantitative estimate of drug-likeness (QED) is 0.730. The molecule has 0 aromatic heterocycles. The second kappa shape index (κ2) is 6.11. The first kappa shape index (κ1) is 12.5. The molecule has 3 nitrogen and oxygen atoms in total. The number of carbonyl (C=O) groups is 1. The second-order valence-corrected chi connectivity index (χ2v) is 4.80. The van der Waals surface area contributed by atoms with Crippen LogP contribution in [-0.2, 0) is 4.79 Å². The summed E-state index contributed by atoms with van der Waals surface area (Å²) in [5.41, 5.74) is 5.23. The van der Waals surface area contributed by atoms with Crippen LogP contribution in [0.15, 0.2) is 0 Å². The number of hydrogen-bond acceptors (Lipinski definition) is 2. The van der Waals surface area contributed by atoms with Crippen LogP contribution in [0.3, 0.4) is 0 Å². The molecule has 1 saturated carbocycles. The van der Waals surface area contributed by atoms with Crippen LogP contribution < -0.4 is 11.1 Å². The Morgan fingerprint density at radius 1 is 1.40 bits per heavy atom. The van der Waals surface area contributed by atoms with Crippen molar-refractivity contribution in [3.63, 3.8) is 0 Å². The Hall–Kier alpha value is -0.570. The zero-order chi connectivity index (χ0) is 11.3. The van der Waals surface area contributed by atoms with Gasteiger partial charge in [0.1, 0.15) is 0 Å². The summed E-state index contributed by atoms with van der Waals surface area (Å²) in [5.74, 6) is 0.669. The Balaban J connectivity index is 2.22. The van der Waals surface area contributed by atoms with Gasteiger partial charge in [-0.2, -0.15) is 0 Å². The number of amides is 1. The molecule has 1 atom stereocenters. The van der Waals surface area contributed by atoms with E-state index in [1.54, 1.807) is 0 Å². The van der Waals surface area contributed by atoms with E-state index in [1.165, 1.54) is 38.5 Å². The Labute approximate surface area is 92.8 Å². The van der Waals surface area contributed by atoms with Gasteiger partial charge in [0.25, 0.3) is 0 Å². The maximum absolute atomic E-state index is 10.9. The fraction of sp³-hybridized carbons (Fsp3) is 0.917. The number of hydrogen-bond donors (Lipinski definition) is 2. The average Bonchev–Trinajstić information content (AvgIpc) is 2.21. The first-order valence-electron chi connectivity index (χ1n) is 6.18. The summed E-state index contributed by atoms with van der Waals surface area (Å²) < 4.78 is 0. The molecule has 0 aromatic carbocycles. The summed E-state index contributed by atoms with van der Waals surface area (Å²) in [6.45, 7) is 4.10. The van der Waals surface area contributed by atoms with Gasteiger partial charge in [0, 0.05) is 6.04 Å². The Bertz CT molecular complexity index is 198. The number of nitrogens with one attached hydrogen (secondary N) is 1. The van der Waals surface area contributed by atoms with Crippen molar-refractivity contribution in [1.82, 2.24) is 5.32 Å². The average molecular weight is 212 g/mol. The predicted molar refractivity (Wildman–Crippen MR) is 62.4 cm³/mol. The van der Waals surface area contributed by atoms with Crippen LogP contribution in [0.4, 0.5) is 0 Å². The van der Waals surface area contributed by atoms with Gasteiger partial charge in [-0.25, -0.2) is 0 Å². The highest BCUT2D eigenvalue weighted by molar-refractivity contribution is 5.79. The molecular weight excluding hydrogens is 188 g/mol. The molecule has 0 saturated heterocycles. The first-order chi connectivity index (χ1) is 7.13. The largest absolute Gasteiger partial charge is 0.368 e. The van der Waals surface area contributed by atoms with E-state index < -0.39 is 0 Å². The smallest absolute Gasteiger partial charge is 0.234 e. The molecule has 1 fully saturated rings. The lowest BCUT2D eigenvalue weighted by Crippen LogP contribution is -2.45. The molecule has 0 bridgehead atoms. The standard InChI is InChI=1S/C12H24N2O/c1-3-4-10-5-7-11(8-6-10)14-9(2)12(13)15/h9-11,14H,3-8H2,1-2H3,(H2,13,15)/t9-,10?,11?/m0/s1. The summed E-state index contributed by atoms with van der Waals surface area (Å²) in [5, 5.41) is 3.31. The third-order valence-electron chi connectivity index (χ3n) is 3.46. The van der Waals surface area contributed by atoms with Crippen molar-refractivity contribution in [2.24, 2.45) is 11.7 Å². The Morgan fingerprint density at radius 2 is 2.00 bits per heavy atom. The van der Waals surface area contributed by atoms with Crippen molar-refractivity contribution in [2.75, 3.05) is 0 Å². The highest BCUT2D eigenvalue weighted by Gasteiger charge is 2.22. The normalized spacial score (nSPS) is 28.7. The molecule has 1 rings (SSSR count). The summed E-state index contributed by atoms with van der Waals surface area (Å²) in [6.07, 6.45) is 7.65. The fourth-order valence-electron chi connectivity index (χ4n) is 2.46. The maximum atomic E-state index is 10.9. The van der Waals surface area contributed by atoms with Gasteiger partial charge < -0.3 is 11.1 Å². The molecule has 3 N–H and O–H groups in total. The monoisotopic (exact) mass is 212 g/mol. The van der Waals surface area contributed by atoms with Crippen LogP contribution in [0.2, 0.25) is 0 Å². The zero-order valence-electron chi connectivity index (χ0n) is 9.96. The van der Waals surface area contributed by atoms with E-state index in [1.807, 2.05) is 6.92 Å². The molecule has 1 aliphatic carbocycles. The molecule has 3 heteroatoms. The van der Waals surface area contributed by atoms with Crippen LogP contribution in [0.1, 0.15) is 52.4 Å². The van der Waals surface area contributed by atoms with Crippen molar-refractivity contribution in [3.8, 4) is 0 Å². The highest BCUT2D eigenvalue weighted by atomic mass is 16.1. The summed E-state index contributed by atoms with van der Waals surface area (Å²) in [4.78, 5) is 10.9.